The summed E-state index contributed by atoms with van der Waals surface area (Å²) in [7, 11) is 0. The molecule has 4 aromatic rings. The zero-order valence-electron chi connectivity index (χ0n) is 18.8. The SMILES string of the molecule is CCCC.CCCc1ccn2c(-c3ccnc(C)n3)c(-c3ccc(C)cc3)nc2c1. The molecule has 0 N–H and O–H groups in total. The fourth-order valence-corrected chi connectivity index (χ4v) is 3.28. The van der Waals surface area contributed by atoms with Gasteiger partial charge in [-0.2, -0.15) is 0 Å². The second-order valence-electron chi connectivity index (χ2n) is 7.68. The lowest BCUT2D eigenvalue weighted by Gasteiger charge is -2.06. The van der Waals surface area contributed by atoms with Crippen LogP contribution in [0.2, 0.25) is 0 Å². The van der Waals surface area contributed by atoms with Crippen molar-refractivity contribution in [1.82, 2.24) is 19.4 Å². The summed E-state index contributed by atoms with van der Waals surface area (Å²) in [6, 6.07) is 14.8. The van der Waals surface area contributed by atoms with Gasteiger partial charge in [0.2, 0.25) is 0 Å². The van der Waals surface area contributed by atoms with Crippen LogP contribution in [-0.2, 0) is 6.42 Å². The molecule has 4 nitrogen and oxygen atoms in total. The van der Waals surface area contributed by atoms with E-state index in [1.54, 1.807) is 6.20 Å². The number of unbranched alkanes of at least 4 members (excludes halogenated alkanes) is 1. The van der Waals surface area contributed by atoms with Crippen molar-refractivity contribution in [2.45, 2.75) is 60.3 Å². The first kappa shape index (κ1) is 21.7. The molecule has 30 heavy (non-hydrogen) atoms. The van der Waals surface area contributed by atoms with Gasteiger partial charge in [0.05, 0.1) is 17.1 Å². The molecule has 0 unspecified atom stereocenters. The Morgan fingerprint density at radius 1 is 0.833 bits per heavy atom. The zero-order chi connectivity index (χ0) is 21.5. The minimum Gasteiger partial charge on any atom is -0.298 e. The lowest BCUT2D eigenvalue weighted by molar-refractivity contribution is 0.886. The number of fused-ring (bicyclic) bond motifs is 1. The Bertz CT molecular complexity index is 1090. The Hall–Kier alpha value is -3.01. The first-order chi connectivity index (χ1) is 14.6. The van der Waals surface area contributed by atoms with Crippen molar-refractivity contribution in [1.29, 1.82) is 0 Å². The van der Waals surface area contributed by atoms with Gasteiger partial charge in [-0.15, -0.1) is 0 Å². The number of benzene rings is 1. The Labute approximate surface area is 180 Å². The molecule has 0 amide bonds. The van der Waals surface area contributed by atoms with Crippen LogP contribution in [0.1, 0.15) is 57.0 Å². The van der Waals surface area contributed by atoms with Crippen LogP contribution in [-0.4, -0.2) is 19.4 Å². The summed E-state index contributed by atoms with van der Waals surface area (Å²) in [6.45, 7) is 10.6. The first-order valence-corrected chi connectivity index (χ1v) is 10.9. The van der Waals surface area contributed by atoms with Crippen LogP contribution in [0.3, 0.4) is 0 Å². The highest BCUT2D eigenvalue weighted by Gasteiger charge is 2.17. The van der Waals surface area contributed by atoms with Gasteiger partial charge in [-0.05, 0) is 44.0 Å². The quantitative estimate of drug-likeness (QED) is 0.368. The number of rotatable bonds is 5. The summed E-state index contributed by atoms with van der Waals surface area (Å²) >= 11 is 0. The second kappa shape index (κ2) is 10.1. The third-order valence-electron chi connectivity index (χ3n) is 5.07. The fourth-order valence-electron chi connectivity index (χ4n) is 3.28. The van der Waals surface area contributed by atoms with Gasteiger partial charge in [0.15, 0.2) is 0 Å². The standard InChI is InChI=1S/C22H22N4.C4H10/c1-4-5-17-11-13-26-20(14-17)25-21(18-8-6-15(2)7-9-18)22(26)19-10-12-23-16(3)24-19;1-3-4-2/h6-14H,4-5H2,1-3H3;3-4H2,1-2H3. The minimum absolute atomic E-state index is 0.759. The first-order valence-electron chi connectivity index (χ1n) is 10.9. The smallest absolute Gasteiger partial charge is 0.138 e. The number of hydrogen-bond donors (Lipinski definition) is 0. The minimum atomic E-state index is 0.759. The molecule has 0 aliphatic heterocycles. The number of nitrogens with zero attached hydrogens (tertiary/aromatic N) is 4. The van der Waals surface area contributed by atoms with Gasteiger partial charge in [-0.25, -0.2) is 15.0 Å². The number of aromatic nitrogens is 4. The van der Waals surface area contributed by atoms with Crippen molar-refractivity contribution in [3.8, 4) is 22.6 Å². The second-order valence-corrected chi connectivity index (χ2v) is 7.68. The van der Waals surface area contributed by atoms with Crippen molar-refractivity contribution < 1.29 is 0 Å². The summed E-state index contributed by atoms with van der Waals surface area (Å²) in [5.74, 6) is 0.759. The summed E-state index contributed by atoms with van der Waals surface area (Å²) in [5, 5.41) is 0. The molecule has 3 aromatic heterocycles. The zero-order valence-corrected chi connectivity index (χ0v) is 18.8. The van der Waals surface area contributed by atoms with E-state index in [-0.39, 0.29) is 0 Å². The molecule has 4 heteroatoms. The summed E-state index contributed by atoms with van der Waals surface area (Å²) < 4.78 is 2.14. The van der Waals surface area contributed by atoms with E-state index >= 15 is 0 Å². The molecule has 3 heterocycles. The molecule has 0 aliphatic carbocycles. The molecule has 0 bridgehead atoms. The van der Waals surface area contributed by atoms with Gasteiger partial charge in [0, 0.05) is 18.0 Å². The van der Waals surface area contributed by atoms with E-state index in [1.807, 2.05) is 13.0 Å². The highest BCUT2D eigenvalue weighted by Crippen LogP contribution is 2.32. The molecule has 0 radical (unpaired) electrons. The predicted molar refractivity (Wildman–Crippen MR) is 126 cm³/mol. The molecule has 0 aliphatic rings. The summed E-state index contributed by atoms with van der Waals surface area (Å²) in [4.78, 5) is 13.9. The number of hydrogen-bond acceptors (Lipinski definition) is 3. The van der Waals surface area contributed by atoms with E-state index in [0.29, 0.717) is 0 Å². The third-order valence-corrected chi connectivity index (χ3v) is 5.07. The van der Waals surface area contributed by atoms with Crippen LogP contribution in [0, 0.1) is 13.8 Å². The van der Waals surface area contributed by atoms with E-state index in [1.165, 1.54) is 24.0 Å². The maximum absolute atomic E-state index is 4.96. The molecule has 0 spiro atoms. The lowest BCUT2D eigenvalue weighted by atomic mass is 10.1. The molecular weight excluding hydrogens is 368 g/mol. The number of pyridine rings is 1. The largest absolute Gasteiger partial charge is 0.298 e. The molecule has 0 saturated heterocycles. The molecule has 156 valence electrons. The molecular formula is C26H32N4. The van der Waals surface area contributed by atoms with Gasteiger partial charge in [0.25, 0.3) is 0 Å². The van der Waals surface area contributed by atoms with E-state index < -0.39 is 0 Å². The van der Waals surface area contributed by atoms with Gasteiger partial charge in [-0.1, -0.05) is 69.9 Å². The van der Waals surface area contributed by atoms with E-state index in [4.69, 9.17) is 4.98 Å². The monoisotopic (exact) mass is 400 g/mol. The number of aryl methyl sites for hydroxylation is 3. The Kier molecular flexibility index (Phi) is 7.34. The Balaban J connectivity index is 0.000000589. The highest BCUT2D eigenvalue weighted by molar-refractivity contribution is 5.80. The average Bonchev–Trinajstić information content (AvgIpc) is 3.13. The van der Waals surface area contributed by atoms with Gasteiger partial charge in [0.1, 0.15) is 11.5 Å². The van der Waals surface area contributed by atoms with E-state index in [2.05, 4.69) is 84.7 Å². The van der Waals surface area contributed by atoms with Crippen molar-refractivity contribution in [2.75, 3.05) is 0 Å². The predicted octanol–water partition coefficient (Wildman–Crippen LogP) is 6.83. The van der Waals surface area contributed by atoms with Crippen molar-refractivity contribution in [3.05, 3.63) is 71.8 Å². The fraction of sp³-hybridized carbons (Fsp3) is 0.346. The lowest BCUT2D eigenvalue weighted by Crippen LogP contribution is -1.96. The van der Waals surface area contributed by atoms with Crippen LogP contribution < -0.4 is 0 Å². The van der Waals surface area contributed by atoms with Gasteiger partial charge >= 0.3 is 0 Å². The summed E-state index contributed by atoms with van der Waals surface area (Å²) in [5.41, 5.74) is 7.46. The Morgan fingerprint density at radius 2 is 1.57 bits per heavy atom. The topological polar surface area (TPSA) is 43.1 Å². The van der Waals surface area contributed by atoms with Gasteiger partial charge in [-0.3, -0.25) is 4.40 Å². The molecule has 0 atom stereocenters. The molecule has 4 rings (SSSR count). The van der Waals surface area contributed by atoms with Gasteiger partial charge < -0.3 is 0 Å². The Morgan fingerprint density at radius 3 is 2.20 bits per heavy atom. The number of imidazole rings is 1. The summed E-state index contributed by atoms with van der Waals surface area (Å²) in [6.07, 6.45) is 8.74. The van der Waals surface area contributed by atoms with Crippen molar-refractivity contribution in [3.63, 3.8) is 0 Å². The van der Waals surface area contributed by atoms with Crippen LogP contribution in [0.4, 0.5) is 0 Å². The van der Waals surface area contributed by atoms with E-state index in [0.717, 1.165) is 47.0 Å². The third kappa shape index (κ3) is 4.93. The average molecular weight is 401 g/mol. The molecule has 0 fully saturated rings. The van der Waals surface area contributed by atoms with Crippen LogP contribution >= 0.6 is 0 Å². The van der Waals surface area contributed by atoms with Crippen molar-refractivity contribution >= 4 is 5.65 Å². The molecule has 0 saturated carbocycles. The van der Waals surface area contributed by atoms with Crippen LogP contribution in [0.5, 0.6) is 0 Å². The van der Waals surface area contributed by atoms with Crippen LogP contribution in [0.25, 0.3) is 28.3 Å². The normalized spacial score (nSPS) is 10.7. The van der Waals surface area contributed by atoms with Crippen molar-refractivity contribution in [2.24, 2.45) is 0 Å². The maximum atomic E-state index is 4.96. The molecule has 1 aromatic carbocycles. The van der Waals surface area contributed by atoms with E-state index in [9.17, 15) is 0 Å². The van der Waals surface area contributed by atoms with Crippen LogP contribution in [0.15, 0.2) is 54.9 Å². The maximum Gasteiger partial charge on any atom is 0.138 e. The highest BCUT2D eigenvalue weighted by atomic mass is 15.0.